The van der Waals surface area contributed by atoms with Crippen molar-refractivity contribution in [3.8, 4) is 0 Å². The van der Waals surface area contributed by atoms with Gasteiger partial charge in [-0.3, -0.25) is 0 Å². The molecule has 0 N–H and O–H groups in total. The predicted octanol–water partition coefficient (Wildman–Crippen LogP) is 5.39. The van der Waals surface area contributed by atoms with Crippen LogP contribution in [0.15, 0.2) is 0 Å². The normalized spacial score (nSPS) is 11.2. The van der Waals surface area contributed by atoms with Gasteiger partial charge in [-0.2, -0.15) is 0 Å². The zero-order chi connectivity index (χ0) is 11.4. The summed E-state index contributed by atoms with van der Waals surface area (Å²) in [6.07, 6.45) is 14.8. The second-order valence-electron chi connectivity index (χ2n) is 5.36. The molecule has 0 aromatic rings. The van der Waals surface area contributed by atoms with Gasteiger partial charge in [0.05, 0.1) is 0 Å². The van der Waals surface area contributed by atoms with Crippen LogP contribution in [0.25, 0.3) is 0 Å². The van der Waals surface area contributed by atoms with Gasteiger partial charge in [0.15, 0.2) is 0 Å². The molecule has 0 saturated heterocycles. The molecule has 0 fully saturated rings. The van der Waals surface area contributed by atoms with Crippen molar-refractivity contribution < 1.29 is 0 Å². The van der Waals surface area contributed by atoms with Crippen LogP contribution in [-0.4, -0.2) is 14.3 Å². The van der Waals surface area contributed by atoms with Gasteiger partial charge in [-0.05, 0) is 0 Å². The quantitative estimate of drug-likeness (QED) is 0.349. The Morgan fingerprint density at radius 3 is 1.40 bits per heavy atom. The summed E-state index contributed by atoms with van der Waals surface area (Å²) in [5, 5.41) is 1.61. The summed E-state index contributed by atoms with van der Waals surface area (Å²) >= 11 is -0.651. The van der Waals surface area contributed by atoms with Crippen molar-refractivity contribution >= 4 is 14.3 Å². The third-order valence-electron chi connectivity index (χ3n) is 3.14. The Balaban J connectivity index is 2.87. The van der Waals surface area contributed by atoms with Crippen LogP contribution in [0.4, 0.5) is 0 Å². The first-order valence-electron chi connectivity index (χ1n) is 7.27. The molecule has 0 rings (SSSR count). The Hall–Kier alpha value is 0.543. The molecule has 0 bridgehead atoms. The molecule has 0 aliphatic carbocycles. The summed E-state index contributed by atoms with van der Waals surface area (Å²) in [6.45, 7) is 2.29. The van der Waals surface area contributed by atoms with Crippen molar-refractivity contribution in [2.45, 2.75) is 87.9 Å². The van der Waals surface area contributed by atoms with E-state index >= 15 is 0 Å². The minimum absolute atomic E-state index is 0.651. The maximum absolute atomic E-state index is 2.51. The summed E-state index contributed by atoms with van der Waals surface area (Å²) in [6, 6.07) is 0. The summed E-state index contributed by atoms with van der Waals surface area (Å²) in [5.41, 5.74) is 0. The zero-order valence-electron chi connectivity index (χ0n) is 11.4. The van der Waals surface area contributed by atoms with Crippen molar-refractivity contribution in [2.24, 2.45) is 0 Å². The first-order valence-corrected chi connectivity index (χ1v) is 13.8. The number of rotatable bonds is 11. The summed E-state index contributed by atoms with van der Waals surface area (Å²) < 4.78 is 0. The molecular formula is C14H32Ge. The molecule has 0 aromatic heterocycles. The topological polar surface area (TPSA) is 0 Å². The van der Waals surface area contributed by atoms with Gasteiger partial charge in [-0.15, -0.1) is 0 Å². The Labute approximate surface area is 102 Å². The fourth-order valence-corrected chi connectivity index (χ4v) is 4.36. The Morgan fingerprint density at radius 1 is 0.600 bits per heavy atom. The van der Waals surface area contributed by atoms with E-state index in [1.807, 2.05) is 0 Å². The minimum atomic E-state index is -0.651. The third-order valence-corrected chi connectivity index (χ3v) is 6.41. The van der Waals surface area contributed by atoms with Gasteiger partial charge in [0.1, 0.15) is 0 Å². The summed E-state index contributed by atoms with van der Waals surface area (Å²) in [7, 11) is 0. The first kappa shape index (κ1) is 15.5. The second kappa shape index (κ2) is 12.6. The fourth-order valence-electron chi connectivity index (χ4n) is 2.04. The third kappa shape index (κ3) is 14.5. The first-order chi connectivity index (χ1) is 7.27. The SMILES string of the molecule is CCCCCCCCCCC[CH2][GeH]([CH3])[CH3]. The van der Waals surface area contributed by atoms with E-state index in [9.17, 15) is 0 Å². The van der Waals surface area contributed by atoms with Crippen molar-refractivity contribution in [1.82, 2.24) is 0 Å². The van der Waals surface area contributed by atoms with Gasteiger partial charge in [0, 0.05) is 0 Å². The van der Waals surface area contributed by atoms with E-state index < -0.39 is 14.3 Å². The zero-order valence-corrected chi connectivity index (χ0v) is 13.8. The second-order valence-corrected chi connectivity index (χ2v) is 12.4. The van der Waals surface area contributed by atoms with Gasteiger partial charge in [0.25, 0.3) is 0 Å². The standard InChI is InChI=1S/C14H32Ge/c1-4-5-6-7-8-9-10-11-12-13-14-15(2)3/h15H,4-14H2,1-3H3. The molecule has 0 aromatic carbocycles. The molecule has 0 spiro atoms. The van der Waals surface area contributed by atoms with E-state index in [2.05, 4.69) is 18.4 Å². The van der Waals surface area contributed by atoms with Gasteiger partial charge in [-0.1, -0.05) is 0 Å². The van der Waals surface area contributed by atoms with E-state index in [4.69, 9.17) is 0 Å². The van der Waals surface area contributed by atoms with Gasteiger partial charge >= 0.3 is 102 Å². The van der Waals surface area contributed by atoms with Crippen LogP contribution >= 0.6 is 0 Å². The molecule has 92 valence electrons. The Kier molecular flexibility index (Phi) is 13.1. The number of unbranched alkanes of at least 4 members (excludes halogenated alkanes) is 9. The molecule has 0 atom stereocenters. The van der Waals surface area contributed by atoms with Crippen LogP contribution in [0.5, 0.6) is 0 Å². The van der Waals surface area contributed by atoms with Crippen LogP contribution in [-0.2, 0) is 0 Å². The van der Waals surface area contributed by atoms with Crippen LogP contribution in [0.1, 0.15) is 71.1 Å². The van der Waals surface area contributed by atoms with Crippen LogP contribution < -0.4 is 0 Å². The average Bonchev–Trinajstić information content (AvgIpc) is 2.20. The fraction of sp³-hybridized carbons (Fsp3) is 1.00. The predicted molar refractivity (Wildman–Crippen MR) is 75.5 cm³/mol. The molecule has 0 amide bonds. The molecule has 0 unspecified atom stereocenters. The summed E-state index contributed by atoms with van der Waals surface area (Å²) in [5.74, 6) is 5.03. The van der Waals surface area contributed by atoms with Crippen molar-refractivity contribution in [3.63, 3.8) is 0 Å². The molecule has 0 radical (unpaired) electrons. The van der Waals surface area contributed by atoms with E-state index in [-0.39, 0.29) is 0 Å². The molecular weight excluding hydrogens is 241 g/mol. The molecule has 0 heterocycles. The molecule has 0 aliphatic rings. The van der Waals surface area contributed by atoms with Crippen molar-refractivity contribution in [1.29, 1.82) is 0 Å². The van der Waals surface area contributed by atoms with E-state index in [1.54, 1.807) is 5.25 Å². The van der Waals surface area contributed by atoms with Crippen molar-refractivity contribution in [3.05, 3.63) is 0 Å². The maximum atomic E-state index is 2.51. The van der Waals surface area contributed by atoms with Crippen LogP contribution in [0, 0.1) is 0 Å². The molecule has 1 heteroatoms. The van der Waals surface area contributed by atoms with Gasteiger partial charge < -0.3 is 0 Å². The monoisotopic (exact) mass is 274 g/mol. The molecule has 0 aliphatic heterocycles. The van der Waals surface area contributed by atoms with Crippen LogP contribution in [0.3, 0.4) is 0 Å². The Morgan fingerprint density at radius 2 is 1.00 bits per heavy atom. The van der Waals surface area contributed by atoms with Crippen molar-refractivity contribution in [2.75, 3.05) is 0 Å². The molecule has 0 nitrogen and oxygen atoms in total. The van der Waals surface area contributed by atoms with Gasteiger partial charge in [-0.25, -0.2) is 0 Å². The van der Waals surface area contributed by atoms with E-state index in [1.165, 1.54) is 64.2 Å². The summed E-state index contributed by atoms with van der Waals surface area (Å²) in [4.78, 5) is 0. The number of hydrogen-bond acceptors (Lipinski definition) is 0. The molecule has 0 saturated carbocycles. The Bertz CT molecular complexity index is 110. The van der Waals surface area contributed by atoms with Crippen LogP contribution in [0.2, 0.25) is 16.8 Å². The van der Waals surface area contributed by atoms with E-state index in [0.717, 1.165) is 0 Å². The number of hydrogen-bond donors (Lipinski definition) is 0. The van der Waals surface area contributed by atoms with E-state index in [0.29, 0.717) is 0 Å². The average molecular weight is 273 g/mol. The van der Waals surface area contributed by atoms with Gasteiger partial charge in [0.2, 0.25) is 0 Å². The molecule has 15 heavy (non-hydrogen) atoms.